The predicted octanol–water partition coefficient (Wildman–Crippen LogP) is 0.963. The molecule has 6 N–H and O–H groups in total. The molecule has 5 heterocycles. The molecule has 0 spiro atoms. The van der Waals surface area contributed by atoms with Gasteiger partial charge in [0.2, 0.25) is 17.7 Å². The lowest BCUT2D eigenvalue weighted by molar-refractivity contribution is -0.142. The Kier molecular flexibility index (Phi) is 16.4. The molecule has 2 unspecified atom stereocenters. The SMILES string of the molecule is CN[C@@H](C)C(=O)N[C@H]1CCCC[C@H](NC(=O)[C@H](N)NC)C(=O)N2CC[C@H]3C(CN(CCc4ccccc4)C[C@H]32)OCCOC2CN(CCc3ccccc3)C[C@@H]3[C@H]2CCN3C1=O. The van der Waals surface area contributed by atoms with Gasteiger partial charge in [-0.1, -0.05) is 73.5 Å². The first-order chi connectivity index (χ1) is 30.1. The summed E-state index contributed by atoms with van der Waals surface area (Å²) < 4.78 is 13.6. The smallest absolute Gasteiger partial charge is 0.252 e. The highest BCUT2D eigenvalue weighted by atomic mass is 16.5. The van der Waals surface area contributed by atoms with Gasteiger partial charge in [-0.3, -0.25) is 34.3 Å². The lowest BCUT2D eigenvalue weighted by Crippen LogP contribution is -2.60. The number of nitrogens with two attached hydrogens (primary N) is 1. The third kappa shape index (κ3) is 11.4. The highest BCUT2D eigenvalue weighted by molar-refractivity contribution is 5.90. The Morgan fingerprint density at radius 3 is 1.55 bits per heavy atom. The van der Waals surface area contributed by atoms with E-state index in [1.54, 1.807) is 21.0 Å². The highest BCUT2D eigenvalue weighted by Crippen LogP contribution is 2.36. The Hall–Kier alpha value is -3.96. The monoisotopic (exact) mass is 858 g/mol. The van der Waals surface area contributed by atoms with Gasteiger partial charge in [-0.25, -0.2) is 0 Å². The highest BCUT2D eigenvalue weighted by Gasteiger charge is 2.49. The fraction of sp³-hybridized carbons (Fsp3) is 0.660. The molecule has 8 bridgehead atoms. The van der Waals surface area contributed by atoms with Crippen LogP contribution in [0.4, 0.5) is 0 Å². The van der Waals surface area contributed by atoms with Gasteiger partial charge < -0.3 is 41.0 Å². The molecule has 0 saturated carbocycles. The fourth-order valence-electron chi connectivity index (χ4n) is 10.5. The number of carbonyl (C=O) groups is 4. The Balaban J connectivity index is 1.15. The number of nitrogens with zero attached hydrogens (tertiary/aromatic N) is 4. The van der Waals surface area contributed by atoms with Crippen molar-refractivity contribution in [1.29, 1.82) is 0 Å². The van der Waals surface area contributed by atoms with E-state index in [0.717, 1.165) is 65.0 Å². The van der Waals surface area contributed by atoms with Crippen LogP contribution >= 0.6 is 0 Å². The summed E-state index contributed by atoms with van der Waals surface area (Å²) in [5.74, 6) is -0.561. The summed E-state index contributed by atoms with van der Waals surface area (Å²) in [6.07, 6.45) is 4.21. The van der Waals surface area contributed by atoms with Gasteiger partial charge in [-0.05, 0) is 70.7 Å². The van der Waals surface area contributed by atoms with E-state index in [4.69, 9.17) is 15.2 Å². The Labute approximate surface area is 368 Å². The minimum absolute atomic E-state index is 0.0555. The predicted molar refractivity (Wildman–Crippen MR) is 238 cm³/mol. The van der Waals surface area contributed by atoms with Crippen LogP contribution in [0, 0.1) is 11.8 Å². The molecule has 5 aliphatic rings. The maximum Gasteiger partial charge on any atom is 0.252 e. The van der Waals surface area contributed by atoms with Crippen LogP contribution in [-0.4, -0.2) is 171 Å². The van der Waals surface area contributed by atoms with Gasteiger partial charge in [0, 0.05) is 76.3 Å². The zero-order valence-corrected chi connectivity index (χ0v) is 37.1. The van der Waals surface area contributed by atoms with Crippen LogP contribution in [0.3, 0.4) is 0 Å². The van der Waals surface area contributed by atoms with E-state index in [1.165, 1.54) is 11.1 Å². The molecule has 2 aromatic rings. The summed E-state index contributed by atoms with van der Waals surface area (Å²) in [7, 11) is 3.34. The van der Waals surface area contributed by atoms with Crippen molar-refractivity contribution in [1.82, 2.24) is 40.9 Å². The van der Waals surface area contributed by atoms with Gasteiger partial charge in [0.25, 0.3) is 5.91 Å². The molecule has 4 amide bonds. The standard InChI is InChI=1S/C47H71N9O6/c1-32(49-2)44(57)51-37-16-10-11-17-38(52-45(58)43(48)50-3)47(60)56-25-21-36-40(56)29-54(23-19-34-14-8-5-9-15-34)31-42(36)62-27-26-61-41-30-53(22-18-33-12-6-4-7-13-33)28-39-35(41)20-24-55(39)46(37)59/h4-9,12-15,32,35-43,49-50H,10-11,16-31,48H2,1-3H3,(H,51,57)(H,52,58)/t32-,35+,36+,37-,38-,39+,40+,41?,42?,43+/m0/s1. The molecule has 0 aliphatic carbocycles. The lowest BCUT2D eigenvalue weighted by Gasteiger charge is -2.44. The minimum Gasteiger partial charge on any atom is -0.374 e. The second-order valence-corrected chi connectivity index (χ2v) is 18.1. The molecule has 7 rings (SSSR count). The molecule has 10 atom stereocenters. The molecule has 2 aromatic carbocycles. The van der Waals surface area contributed by atoms with Crippen LogP contribution in [0.1, 0.15) is 56.6 Å². The van der Waals surface area contributed by atoms with Gasteiger partial charge in [0.05, 0.1) is 31.5 Å². The zero-order valence-electron chi connectivity index (χ0n) is 37.1. The maximum absolute atomic E-state index is 14.7. The number of nitrogens with one attached hydrogen (secondary N) is 4. The van der Waals surface area contributed by atoms with E-state index in [1.807, 2.05) is 21.9 Å². The van der Waals surface area contributed by atoms with E-state index in [9.17, 15) is 19.2 Å². The van der Waals surface area contributed by atoms with Crippen molar-refractivity contribution in [3.8, 4) is 0 Å². The molecule has 5 fully saturated rings. The van der Waals surface area contributed by atoms with E-state index in [0.29, 0.717) is 52.0 Å². The fourth-order valence-corrected chi connectivity index (χ4v) is 10.5. The molecule has 0 radical (unpaired) electrons. The van der Waals surface area contributed by atoms with Crippen molar-refractivity contribution < 1.29 is 28.7 Å². The molecule has 5 saturated heterocycles. The van der Waals surface area contributed by atoms with Crippen molar-refractivity contribution >= 4 is 23.6 Å². The van der Waals surface area contributed by atoms with Crippen LogP contribution in [0.15, 0.2) is 60.7 Å². The molecule has 62 heavy (non-hydrogen) atoms. The van der Waals surface area contributed by atoms with Gasteiger partial charge in [0.1, 0.15) is 18.2 Å². The zero-order chi connectivity index (χ0) is 43.6. The normalized spacial score (nSPS) is 30.1. The van der Waals surface area contributed by atoms with Crippen molar-refractivity contribution in [2.45, 2.75) is 107 Å². The third-order valence-electron chi connectivity index (χ3n) is 14.2. The topological polar surface area (TPSA) is 174 Å². The molecular weight excluding hydrogens is 787 g/mol. The summed E-state index contributed by atoms with van der Waals surface area (Å²) in [4.78, 5) is 64.9. The quantitative estimate of drug-likeness (QED) is 0.193. The summed E-state index contributed by atoms with van der Waals surface area (Å²) >= 11 is 0. The minimum atomic E-state index is -0.970. The average Bonchev–Trinajstić information content (AvgIpc) is 3.94. The second kappa shape index (κ2) is 22.1. The van der Waals surface area contributed by atoms with E-state index in [2.05, 4.69) is 79.6 Å². The molecule has 5 aliphatic heterocycles. The Morgan fingerprint density at radius 2 is 1.11 bits per heavy atom. The molecule has 340 valence electrons. The molecular formula is C47H71N9O6. The van der Waals surface area contributed by atoms with Crippen LogP contribution < -0.4 is 27.0 Å². The van der Waals surface area contributed by atoms with Crippen LogP contribution in [0.5, 0.6) is 0 Å². The van der Waals surface area contributed by atoms with Gasteiger partial charge in [0.15, 0.2) is 0 Å². The van der Waals surface area contributed by atoms with Crippen molar-refractivity contribution in [2.24, 2.45) is 17.6 Å². The van der Waals surface area contributed by atoms with Crippen molar-refractivity contribution in [3.05, 3.63) is 71.8 Å². The Bertz CT molecular complexity index is 1650. The first-order valence-electron chi connectivity index (χ1n) is 23.2. The molecule has 15 heteroatoms. The third-order valence-corrected chi connectivity index (χ3v) is 14.2. The number of likely N-dealkylation sites (tertiary alicyclic amines) is 2. The summed E-state index contributed by atoms with van der Waals surface area (Å²) in [6.45, 7) is 8.52. The molecule has 0 aromatic heterocycles. The van der Waals surface area contributed by atoms with E-state index in [-0.39, 0.29) is 53.8 Å². The van der Waals surface area contributed by atoms with Gasteiger partial charge >= 0.3 is 0 Å². The number of amides is 4. The first kappa shape index (κ1) is 46.0. The maximum atomic E-state index is 14.7. The largest absolute Gasteiger partial charge is 0.374 e. The van der Waals surface area contributed by atoms with Crippen LogP contribution in [-0.2, 0) is 41.5 Å². The summed E-state index contributed by atoms with van der Waals surface area (Å²) in [5, 5.41) is 11.9. The van der Waals surface area contributed by atoms with Gasteiger partial charge in [-0.2, -0.15) is 0 Å². The number of rotatable bonds is 12. The van der Waals surface area contributed by atoms with Crippen LogP contribution in [0.2, 0.25) is 0 Å². The number of carbonyl (C=O) groups excluding carboxylic acids is 4. The number of likely N-dealkylation sites (N-methyl/N-ethyl adjacent to an activating group) is 2. The number of benzene rings is 2. The van der Waals surface area contributed by atoms with E-state index >= 15 is 0 Å². The number of piperidine rings is 2. The number of hydrogen-bond donors (Lipinski definition) is 5. The summed E-state index contributed by atoms with van der Waals surface area (Å²) in [6, 6.07) is 18.8. The lowest BCUT2D eigenvalue weighted by atomic mass is 9.88. The first-order valence-corrected chi connectivity index (χ1v) is 23.2. The second-order valence-electron chi connectivity index (χ2n) is 18.1. The number of hydrogen-bond acceptors (Lipinski definition) is 11. The Morgan fingerprint density at radius 1 is 0.661 bits per heavy atom. The van der Waals surface area contributed by atoms with Gasteiger partial charge in [-0.15, -0.1) is 0 Å². The van der Waals surface area contributed by atoms with E-state index < -0.39 is 30.2 Å². The molecule has 15 nitrogen and oxygen atoms in total. The van der Waals surface area contributed by atoms with Crippen molar-refractivity contribution in [2.75, 3.05) is 79.7 Å². The van der Waals surface area contributed by atoms with Crippen molar-refractivity contribution in [3.63, 3.8) is 0 Å². The van der Waals surface area contributed by atoms with Crippen LogP contribution in [0.25, 0.3) is 0 Å². The average molecular weight is 858 g/mol. The number of ether oxygens (including phenoxy) is 2. The summed E-state index contributed by atoms with van der Waals surface area (Å²) in [5.41, 5.74) is 8.63.